The van der Waals surface area contributed by atoms with E-state index in [1.807, 2.05) is 36.4 Å². The molecule has 0 bridgehead atoms. The lowest BCUT2D eigenvalue weighted by Crippen LogP contribution is -2.14. The number of hydrogen-bond donors (Lipinski definition) is 1. The molecule has 0 aromatic heterocycles. The summed E-state index contributed by atoms with van der Waals surface area (Å²) in [7, 11) is 4.46. The van der Waals surface area contributed by atoms with Gasteiger partial charge in [-0.2, -0.15) is 5.26 Å². The van der Waals surface area contributed by atoms with Gasteiger partial charge in [-0.15, -0.1) is 0 Å². The van der Waals surface area contributed by atoms with Crippen LogP contribution in [0.5, 0.6) is 23.0 Å². The molecule has 0 heterocycles. The van der Waals surface area contributed by atoms with Gasteiger partial charge in [0, 0.05) is 12.1 Å². The quantitative estimate of drug-likeness (QED) is 0.116. The zero-order valence-corrected chi connectivity index (χ0v) is 24.3. The van der Waals surface area contributed by atoms with Gasteiger partial charge in [0.15, 0.2) is 11.5 Å². The summed E-state index contributed by atoms with van der Waals surface area (Å²) in [6, 6.07) is 22.8. The number of carbonyl (C=O) groups excluding carboxylic acids is 1. The lowest BCUT2D eigenvalue weighted by Gasteiger charge is -2.15. The summed E-state index contributed by atoms with van der Waals surface area (Å²) >= 11 is 8.30. The van der Waals surface area contributed by atoms with E-state index in [-0.39, 0.29) is 5.57 Å². The molecule has 7 nitrogen and oxygen atoms in total. The van der Waals surface area contributed by atoms with Crippen molar-refractivity contribution in [3.63, 3.8) is 0 Å². The summed E-state index contributed by atoms with van der Waals surface area (Å²) in [6.07, 6.45) is 1.48. The Morgan fingerprint density at radius 1 is 0.974 bits per heavy atom. The van der Waals surface area contributed by atoms with Crippen LogP contribution in [0.3, 0.4) is 0 Å². The summed E-state index contributed by atoms with van der Waals surface area (Å²) in [5, 5.41) is 15.0. The Kier molecular flexibility index (Phi) is 9.17. The number of methoxy groups -OCH3 is 3. The first-order chi connectivity index (χ1) is 18.9. The standard InChI is InChI=1S/C30H24ClIN2O5/c1-36-26-15-25(27(37-2)14-23(26)31)34-30(35)21(16-33)11-18-12-24(32)29(28(13-18)38-3)39-17-20-9-6-8-19-7-4-5-10-22(19)20/h4-15H,17H2,1-3H3,(H,34,35)/b21-11+. The number of carbonyl (C=O) groups is 1. The highest BCUT2D eigenvalue weighted by molar-refractivity contribution is 14.1. The average molecular weight is 655 g/mol. The second-order valence-electron chi connectivity index (χ2n) is 8.27. The van der Waals surface area contributed by atoms with Crippen LogP contribution in [0.15, 0.2) is 72.3 Å². The van der Waals surface area contributed by atoms with Crippen LogP contribution in [0.4, 0.5) is 5.69 Å². The summed E-state index contributed by atoms with van der Waals surface area (Å²) in [6.45, 7) is 0.348. The van der Waals surface area contributed by atoms with Crippen LogP contribution in [0.1, 0.15) is 11.1 Å². The number of halogens is 2. The third-order valence-electron chi connectivity index (χ3n) is 5.90. The molecule has 0 saturated carbocycles. The second-order valence-corrected chi connectivity index (χ2v) is 9.84. The summed E-state index contributed by atoms with van der Waals surface area (Å²) < 4.78 is 23.1. The zero-order valence-electron chi connectivity index (χ0n) is 21.4. The molecule has 9 heteroatoms. The van der Waals surface area contributed by atoms with E-state index < -0.39 is 5.91 Å². The molecule has 0 spiro atoms. The minimum absolute atomic E-state index is 0.117. The van der Waals surface area contributed by atoms with Crippen LogP contribution in [0.25, 0.3) is 16.8 Å². The molecule has 198 valence electrons. The van der Waals surface area contributed by atoms with Crippen LogP contribution < -0.4 is 24.3 Å². The maximum atomic E-state index is 13.0. The van der Waals surface area contributed by atoms with E-state index in [4.69, 9.17) is 30.5 Å². The maximum absolute atomic E-state index is 13.0. The van der Waals surface area contributed by atoms with Crippen molar-refractivity contribution in [1.29, 1.82) is 5.26 Å². The highest BCUT2D eigenvalue weighted by Gasteiger charge is 2.17. The topological polar surface area (TPSA) is 89.8 Å². The number of nitriles is 1. The number of benzene rings is 4. The van der Waals surface area contributed by atoms with Crippen LogP contribution in [-0.2, 0) is 11.4 Å². The van der Waals surface area contributed by atoms with Crippen molar-refractivity contribution in [3.05, 3.63) is 92.0 Å². The predicted octanol–water partition coefficient (Wildman–Crippen LogP) is 7.25. The van der Waals surface area contributed by atoms with Gasteiger partial charge in [-0.1, -0.05) is 54.1 Å². The Hall–Kier alpha value is -3.94. The van der Waals surface area contributed by atoms with Crippen molar-refractivity contribution < 1.29 is 23.7 Å². The SMILES string of the molecule is COc1cc(NC(=O)/C(C#N)=C/c2cc(I)c(OCc3cccc4ccccc34)c(OC)c2)c(OC)cc1Cl. The fourth-order valence-electron chi connectivity index (χ4n) is 3.99. The van der Waals surface area contributed by atoms with Gasteiger partial charge in [-0.25, -0.2) is 0 Å². The molecule has 0 fully saturated rings. The predicted molar refractivity (Wildman–Crippen MR) is 161 cm³/mol. The molecular formula is C30H24ClIN2O5. The van der Waals surface area contributed by atoms with Gasteiger partial charge in [-0.05, 0) is 62.7 Å². The Balaban J connectivity index is 1.58. The van der Waals surface area contributed by atoms with E-state index in [0.717, 1.165) is 19.9 Å². The molecule has 0 unspecified atom stereocenters. The number of nitrogens with one attached hydrogen (secondary N) is 1. The van der Waals surface area contributed by atoms with Crippen LogP contribution in [0, 0.1) is 14.9 Å². The fourth-order valence-corrected chi connectivity index (χ4v) is 5.01. The van der Waals surface area contributed by atoms with Gasteiger partial charge in [0.25, 0.3) is 5.91 Å². The average Bonchev–Trinajstić information content (AvgIpc) is 2.95. The van der Waals surface area contributed by atoms with Crippen molar-refractivity contribution in [1.82, 2.24) is 0 Å². The lowest BCUT2D eigenvalue weighted by molar-refractivity contribution is -0.112. The van der Waals surface area contributed by atoms with E-state index in [1.54, 1.807) is 13.2 Å². The summed E-state index contributed by atoms with van der Waals surface area (Å²) in [5.74, 6) is 1.12. The normalized spacial score (nSPS) is 11.0. The van der Waals surface area contributed by atoms with Crippen LogP contribution >= 0.6 is 34.2 Å². The maximum Gasteiger partial charge on any atom is 0.266 e. The number of ether oxygens (including phenoxy) is 4. The summed E-state index contributed by atoms with van der Waals surface area (Å²) in [4.78, 5) is 13.0. The molecule has 0 radical (unpaired) electrons. The Bertz CT molecular complexity index is 1610. The largest absolute Gasteiger partial charge is 0.495 e. The number of anilines is 1. The zero-order chi connectivity index (χ0) is 27.9. The molecule has 0 saturated heterocycles. The number of amides is 1. The van der Waals surface area contributed by atoms with Crippen molar-refractivity contribution in [2.45, 2.75) is 6.61 Å². The van der Waals surface area contributed by atoms with Gasteiger partial charge >= 0.3 is 0 Å². The molecular weight excluding hydrogens is 631 g/mol. The first-order valence-electron chi connectivity index (χ1n) is 11.7. The Morgan fingerprint density at radius 3 is 2.41 bits per heavy atom. The van der Waals surface area contributed by atoms with Gasteiger partial charge in [-0.3, -0.25) is 4.79 Å². The fraction of sp³-hybridized carbons (Fsp3) is 0.133. The van der Waals surface area contributed by atoms with E-state index in [2.05, 4.69) is 46.1 Å². The van der Waals surface area contributed by atoms with Gasteiger partial charge < -0.3 is 24.3 Å². The number of hydrogen-bond acceptors (Lipinski definition) is 6. The van der Waals surface area contributed by atoms with Crippen molar-refractivity contribution in [3.8, 4) is 29.1 Å². The highest BCUT2D eigenvalue weighted by atomic mass is 127. The Morgan fingerprint density at radius 2 is 1.69 bits per heavy atom. The molecule has 4 aromatic rings. The van der Waals surface area contributed by atoms with Gasteiger partial charge in [0.1, 0.15) is 29.7 Å². The third kappa shape index (κ3) is 6.38. The second kappa shape index (κ2) is 12.7. The van der Waals surface area contributed by atoms with Crippen LogP contribution in [0.2, 0.25) is 5.02 Å². The molecule has 39 heavy (non-hydrogen) atoms. The lowest BCUT2D eigenvalue weighted by atomic mass is 10.1. The molecule has 1 amide bonds. The van der Waals surface area contributed by atoms with Gasteiger partial charge in [0.2, 0.25) is 0 Å². The van der Waals surface area contributed by atoms with Crippen LogP contribution in [-0.4, -0.2) is 27.2 Å². The van der Waals surface area contributed by atoms with Crippen molar-refractivity contribution in [2.24, 2.45) is 0 Å². The van der Waals surface area contributed by atoms with Crippen molar-refractivity contribution in [2.75, 3.05) is 26.6 Å². The minimum atomic E-state index is -0.620. The smallest absolute Gasteiger partial charge is 0.266 e. The Labute approximate surface area is 245 Å². The number of fused-ring (bicyclic) bond motifs is 1. The van der Waals surface area contributed by atoms with Gasteiger partial charge in [0.05, 0.1) is 35.6 Å². The van der Waals surface area contributed by atoms with E-state index in [1.165, 1.54) is 32.4 Å². The molecule has 0 aliphatic heterocycles. The summed E-state index contributed by atoms with van der Waals surface area (Å²) in [5.41, 5.74) is 1.84. The molecule has 0 aliphatic rings. The third-order valence-corrected chi connectivity index (χ3v) is 7.00. The highest BCUT2D eigenvalue weighted by Crippen LogP contribution is 2.37. The molecule has 0 aliphatic carbocycles. The first kappa shape index (κ1) is 28.1. The van der Waals surface area contributed by atoms with Crippen molar-refractivity contribution >= 4 is 62.6 Å². The van der Waals surface area contributed by atoms with E-state index in [9.17, 15) is 10.1 Å². The number of rotatable bonds is 9. The monoisotopic (exact) mass is 654 g/mol. The minimum Gasteiger partial charge on any atom is -0.495 e. The molecule has 4 aromatic carbocycles. The molecule has 1 N–H and O–H groups in total. The van der Waals surface area contributed by atoms with E-state index >= 15 is 0 Å². The molecule has 0 atom stereocenters. The van der Waals surface area contributed by atoms with E-state index in [0.29, 0.717) is 45.9 Å². The first-order valence-corrected chi connectivity index (χ1v) is 13.2. The molecule has 4 rings (SSSR count). The number of nitrogens with zero attached hydrogens (tertiary/aromatic N) is 1.